The second-order valence-electron chi connectivity index (χ2n) is 8.42. The fourth-order valence-electron chi connectivity index (χ4n) is 4.05. The van der Waals surface area contributed by atoms with E-state index in [-0.39, 0.29) is 18.4 Å². The van der Waals surface area contributed by atoms with Gasteiger partial charge in [-0.25, -0.2) is 4.79 Å². The molecule has 4 rings (SSSR count). The Kier molecular flexibility index (Phi) is 5.43. The summed E-state index contributed by atoms with van der Waals surface area (Å²) in [4.78, 5) is 36.2. The molecular weight excluding hydrogens is 396 g/mol. The van der Waals surface area contributed by atoms with Crippen LogP contribution in [0.1, 0.15) is 43.7 Å². The van der Waals surface area contributed by atoms with E-state index < -0.39 is 29.6 Å². The van der Waals surface area contributed by atoms with Crippen molar-refractivity contribution in [3.63, 3.8) is 0 Å². The van der Waals surface area contributed by atoms with Crippen LogP contribution in [0.25, 0.3) is 11.1 Å². The number of hydrogen-bond donors (Lipinski definition) is 3. The van der Waals surface area contributed by atoms with Gasteiger partial charge in [0.1, 0.15) is 12.1 Å². The highest BCUT2D eigenvalue weighted by molar-refractivity contribution is 5.93. The lowest BCUT2D eigenvalue weighted by atomic mass is 9.98. The van der Waals surface area contributed by atoms with Gasteiger partial charge in [0.05, 0.1) is 5.92 Å². The van der Waals surface area contributed by atoms with E-state index >= 15 is 0 Å². The Labute approximate surface area is 180 Å². The van der Waals surface area contributed by atoms with Gasteiger partial charge in [-0.05, 0) is 48.9 Å². The number of alkyl carbamates (subject to hydrolysis) is 1. The van der Waals surface area contributed by atoms with Gasteiger partial charge in [0.25, 0.3) is 0 Å². The van der Waals surface area contributed by atoms with E-state index in [9.17, 15) is 14.4 Å². The van der Waals surface area contributed by atoms with E-state index in [1.165, 1.54) is 6.92 Å². The molecule has 0 bridgehead atoms. The maximum Gasteiger partial charge on any atom is 0.408 e. The van der Waals surface area contributed by atoms with Gasteiger partial charge in [0.2, 0.25) is 5.91 Å². The van der Waals surface area contributed by atoms with Crippen LogP contribution in [0.4, 0.5) is 4.79 Å². The highest BCUT2D eigenvalue weighted by Crippen LogP contribution is 2.44. The minimum Gasteiger partial charge on any atom is -0.481 e. The van der Waals surface area contributed by atoms with Crippen LogP contribution in [0.3, 0.4) is 0 Å². The molecule has 7 heteroatoms. The van der Waals surface area contributed by atoms with E-state index in [2.05, 4.69) is 22.8 Å². The minimum absolute atomic E-state index is 0.0569. The fraction of sp³-hybridized carbons (Fsp3) is 0.375. The second-order valence-corrected chi connectivity index (χ2v) is 8.42. The van der Waals surface area contributed by atoms with E-state index in [1.54, 1.807) is 6.92 Å². The highest BCUT2D eigenvalue weighted by Gasteiger charge is 2.52. The smallest absolute Gasteiger partial charge is 0.408 e. The van der Waals surface area contributed by atoms with Crippen molar-refractivity contribution in [3.8, 4) is 11.1 Å². The van der Waals surface area contributed by atoms with E-state index in [0.29, 0.717) is 12.8 Å². The predicted octanol–water partition coefficient (Wildman–Crippen LogP) is 3.28. The molecule has 2 aromatic rings. The Morgan fingerprint density at radius 2 is 1.58 bits per heavy atom. The first-order valence-electron chi connectivity index (χ1n) is 10.5. The van der Waals surface area contributed by atoms with Gasteiger partial charge < -0.3 is 20.5 Å². The molecule has 0 spiro atoms. The monoisotopic (exact) mass is 422 g/mol. The normalized spacial score (nSPS) is 17.6. The summed E-state index contributed by atoms with van der Waals surface area (Å²) in [6.45, 7) is 3.34. The van der Waals surface area contributed by atoms with Crippen molar-refractivity contribution in [1.82, 2.24) is 10.6 Å². The summed E-state index contributed by atoms with van der Waals surface area (Å²) in [5.41, 5.74) is 3.51. The number of carboxylic acid groups (broad SMARTS) is 1. The van der Waals surface area contributed by atoms with Crippen LogP contribution in [0.15, 0.2) is 48.5 Å². The molecule has 2 atom stereocenters. The lowest BCUT2D eigenvalue weighted by molar-refractivity contribution is -0.142. The van der Waals surface area contributed by atoms with Crippen molar-refractivity contribution in [1.29, 1.82) is 0 Å². The molecule has 7 nitrogen and oxygen atoms in total. The highest BCUT2D eigenvalue weighted by atomic mass is 16.5. The molecule has 1 fully saturated rings. The third kappa shape index (κ3) is 4.00. The van der Waals surface area contributed by atoms with E-state index in [1.807, 2.05) is 36.4 Å². The maximum absolute atomic E-state index is 12.6. The van der Waals surface area contributed by atoms with Crippen molar-refractivity contribution < 1.29 is 24.2 Å². The summed E-state index contributed by atoms with van der Waals surface area (Å²) in [5.74, 6) is -2.14. The number of carbonyl (C=O) groups excluding carboxylic acids is 2. The minimum atomic E-state index is -1.02. The van der Waals surface area contributed by atoms with Crippen LogP contribution < -0.4 is 10.6 Å². The molecule has 162 valence electrons. The van der Waals surface area contributed by atoms with Crippen LogP contribution >= 0.6 is 0 Å². The Hall–Kier alpha value is -3.35. The Bertz CT molecular complexity index is 985. The molecule has 2 aliphatic rings. The Morgan fingerprint density at radius 3 is 2.10 bits per heavy atom. The number of carboxylic acids is 1. The average Bonchev–Trinajstić information content (AvgIpc) is 3.47. The van der Waals surface area contributed by atoms with Crippen molar-refractivity contribution in [2.24, 2.45) is 5.92 Å². The van der Waals surface area contributed by atoms with Gasteiger partial charge in [-0.15, -0.1) is 0 Å². The summed E-state index contributed by atoms with van der Waals surface area (Å²) in [6.07, 6.45) is 0.349. The zero-order chi connectivity index (χ0) is 22.2. The van der Waals surface area contributed by atoms with Crippen LogP contribution in [0, 0.1) is 5.92 Å². The first kappa shape index (κ1) is 20.9. The first-order chi connectivity index (χ1) is 14.8. The summed E-state index contributed by atoms with van der Waals surface area (Å²) >= 11 is 0. The number of fused-ring (bicyclic) bond motifs is 3. The van der Waals surface area contributed by atoms with Crippen LogP contribution in [-0.4, -0.2) is 41.3 Å². The molecule has 2 aromatic carbocycles. The van der Waals surface area contributed by atoms with Crippen LogP contribution in [0.2, 0.25) is 0 Å². The van der Waals surface area contributed by atoms with Gasteiger partial charge in [-0.3, -0.25) is 9.59 Å². The van der Waals surface area contributed by atoms with E-state index in [0.717, 1.165) is 22.3 Å². The van der Waals surface area contributed by atoms with Crippen molar-refractivity contribution in [2.75, 3.05) is 6.61 Å². The number of nitrogens with one attached hydrogen (secondary N) is 2. The summed E-state index contributed by atoms with van der Waals surface area (Å²) in [7, 11) is 0. The Morgan fingerprint density at radius 1 is 1.03 bits per heavy atom. The summed E-state index contributed by atoms with van der Waals surface area (Å²) in [5, 5.41) is 14.5. The van der Waals surface area contributed by atoms with Gasteiger partial charge >= 0.3 is 12.1 Å². The largest absolute Gasteiger partial charge is 0.481 e. The van der Waals surface area contributed by atoms with Crippen LogP contribution in [0.5, 0.6) is 0 Å². The lowest BCUT2D eigenvalue weighted by Crippen LogP contribution is -2.53. The maximum atomic E-state index is 12.6. The third-order valence-corrected chi connectivity index (χ3v) is 6.37. The number of rotatable bonds is 7. The van der Waals surface area contributed by atoms with Gasteiger partial charge in [-0.1, -0.05) is 48.5 Å². The quantitative estimate of drug-likeness (QED) is 0.635. The predicted molar refractivity (Wildman–Crippen MR) is 115 cm³/mol. The topological polar surface area (TPSA) is 105 Å². The van der Waals surface area contributed by atoms with Crippen molar-refractivity contribution in [3.05, 3.63) is 59.7 Å². The summed E-state index contributed by atoms with van der Waals surface area (Å²) in [6, 6.07) is 15.6. The van der Waals surface area contributed by atoms with Gasteiger partial charge in [-0.2, -0.15) is 0 Å². The van der Waals surface area contributed by atoms with E-state index in [4.69, 9.17) is 9.84 Å². The van der Waals surface area contributed by atoms with Crippen LogP contribution in [-0.2, 0) is 14.3 Å². The molecule has 2 aliphatic carbocycles. The average molecular weight is 422 g/mol. The summed E-state index contributed by atoms with van der Waals surface area (Å²) < 4.78 is 5.53. The zero-order valence-electron chi connectivity index (χ0n) is 17.6. The number of hydrogen-bond acceptors (Lipinski definition) is 4. The molecule has 2 unspecified atom stereocenters. The van der Waals surface area contributed by atoms with Gasteiger partial charge in [0, 0.05) is 12.0 Å². The van der Waals surface area contributed by atoms with Crippen molar-refractivity contribution in [2.45, 2.75) is 44.2 Å². The Balaban J connectivity index is 1.38. The standard InChI is InChI=1S/C24H26N2O5/c1-14(21(27)28)15(2)25-22(29)24(11-12-24)26-23(30)31-13-20-18-9-5-3-7-16(18)17-8-4-6-10-19(17)20/h3-10,14-15,20H,11-13H2,1-2H3,(H,25,29)(H,26,30)(H,27,28). The number of ether oxygens (including phenoxy) is 1. The molecular formula is C24H26N2O5. The molecule has 0 aromatic heterocycles. The fourth-order valence-corrected chi connectivity index (χ4v) is 4.05. The second kappa shape index (κ2) is 8.06. The molecule has 3 N–H and O–H groups in total. The lowest BCUT2D eigenvalue weighted by Gasteiger charge is -2.23. The molecule has 0 aliphatic heterocycles. The number of benzene rings is 2. The molecule has 0 radical (unpaired) electrons. The number of amides is 2. The SMILES string of the molecule is CC(NC(=O)C1(NC(=O)OCC2c3ccccc3-c3ccccc32)CC1)C(C)C(=O)O. The number of carbonyl (C=O) groups is 3. The number of aliphatic carboxylic acids is 1. The first-order valence-corrected chi connectivity index (χ1v) is 10.5. The molecule has 1 saturated carbocycles. The molecule has 0 heterocycles. The molecule has 31 heavy (non-hydrogen) atoms. The molecule has 2 amide bonds. The van der Waals surface area contributed by atoms with Crippen molar-refractivity contribution >= 4 is 18.0 Å². The third-order valence-electron chi connectivity index (χ3n) is 6.37. The van der Waals surface area contributed by atoms with Gasteiger partial charge in [0.15, 0.2) is 0 Å². The molecule has 0 saturated heterocycles. The zero-order valence-corrected chi connectivity index (χ0v) is 17.6.